The molecule has 0 saturated heterocycles. The molecule has 2 aromatic rings. The summed E-state index contributed by atoms with van der Waals surface area (Å²) in [5.41, 5.74) is 2.41. The number of hydrogen-bond acceptors (Lipinski definition) is 4. The Balaban J connectivity index is 0.00000312. The van der Waals surface area contributed by atoms with Crippen molar-refractivity contribution < 1.29 is 0 Å². The summed E-state index contributed by atoms with van der Waals surface area (Å²) < 4.78 is 1.99. The van der Waals surface area contributed by atoms with Crippen LogP contribution in [-0.4, -0.2) is 45.3 Å². The largest absolute Gasteiger partial charge is 0.355 e. The van der Waals surface area contributed by atoms with Crippen LogP contribution in [0.3, 0.4) is 0 Å². The van der Waals surface area contributed by atoms with Crippen LogP contribution in [0.2, 0.25) is 0 Å². The Hall–Kier alpha value is -1.29. The lowest BCUT2D eigenvalue weighted by Gasteiger charge is -2.23. The van der Waals surface area contributed by atoms with Gasteiger partial charge in [-0.15, -0.1) is 24.0 Å². The molecule has 1 heterocycles. The van der Waals surface area contributed by atoms with E-state index < -0.39 is 0 Å². The number of nitrogens with one attached hydrogen (secondary N) is 2. The zero-order valence-electron chi connectivity index (χ0n) is 15.2. The molecule has 1 aromatic heterocycles. The van der Waals surface area contributed by atoms with E-state index in [1.807, 2.05) is 16.4 Å². The van der Waals surface area contributed by atoms with Crippen molar-refractivity contribution in [1.82, 2.24) is 25.4 Å². The van der Waals surface area contributed by atoms with Gasteiger partial charge in [-0.25, -0.2) is 9.67 Å². The van der Waals surface area contributed by atoms with Gasteiger partial charge in [0.15, 0.2) is 5.96 Å². The van der Waals surface area contributed by atoms with E-state index in [1.165, 1.54) is 11.1 Å². The number of rotatable bonds is 7. The molecule has 8 heteroatoms. The topological polar surface area (TPSA) is 67.1 Å². The molecule has 25 heavy (non-hydrogen) atoms. The van der Waals surface area contributed by atoms with Crippen LogP contribution in [0.25, 0.3) is 0 Å². The van der Waals surface area contributed by atoms with E-state index in [0.29, 0.717) is 0 Å². The highest BCUT2D eigenvalue weighted by Gasteiger charge is 2.16. The van der Waals surface area contributed by atoms with Crippen molar-refractivity contribution in [2.24, 2.45) is 4.99 Å². The van der Waals surface area contributed by atoms with Crippen molar-refractivity contribution in [2.45, 2.75) is 31.7 Å². The van der Waals surface area contributed by atoms with Crippen LogP contribution >= 0.6 is 35.7 Å². The van der Waals surface area contributed by atoms with Gasteiger partial charge in [0.05, 0.1) is 6.54 Å². The molecule has 0 aliphatic heterocycles. The second-order valence-electron chi connectivity index (χ2n) is 6.16. The maximum absolute atomic E-state index is 4.29. The average molecular weight is 474 g/mol. The van der Waals surface area contributed by atoms with Gasteiger partial charge in [-0.05, 0) is 31.2 Å². The molecule has 0 amide bonds. The molecule has 2 N–H and O–H groups in total. The summed E-state index contributed by atoms with van der Waals surface area (Å²) in [6.45, 7) is 6.74. The van der Waals surface area contributed by atoms with E-state index >= 15 is 0 Å². The molecular weight excluding hydrogens is 447 g/mol. The predicted molar refractivity (Wildman–Crippen MR) is 117 cm³/mol. The lowest BCUT2D eigenvalue weighted by Crippen LogP contribution is -2.42. The molecule has 0 spiro atoms. The summed E-state index contributed by atoms with van der Waals surface area (Å²) in [5, 5.41) is 10.9. The first-order valence-corrected chi connectivity index (χ1v) is 9.15. The van der Waals surface area contributed by atoms with Crippen LogP contribution in [0.1, 0.15) is 25.0 Å². The monoisotopic (exact) mass is 474 g/mol. The molecule has 6 nitrogen and oxygen atoms in total. The molecule has 138 valence electrons. The smallest absolute Gasteiger partial charge is 0.191 e. The first-order valence-electron chi connectivity index (χ1n) is 7.92. The summed E-state index contributed by atoms with van der Waals surface area (Å²) in [7, 11) is 1.79. The van der Waals surface area contributed by atoms with Gasteiger partial charge in [0.25, 0.3) is 0 Å². The van der Waals surface area contributed by atoms with Gasteiger partial charge in [0, 0.05) is 24.9 Å². The van der Waals surface area contributed by atoms with Crippen LogP contribution in [0.15, 0.2) is 41.9 Å². The highest BCUT2D eigenvalue weighted by atomic mass is 127. The Kier molecular flexibility index (Phi) is 9.26. The van der Waals surface area contributed by atoms with E-state index in [-0.39, 0.29) is 28.7 Å². The number of aliphatic imine (C=N–C) groups is 1. The summed E-state index contributed by atoms with van der Waals surface area (Å²) >= 11 is 1.84. The van der Waals surface area contributed by atoms with E-state index in [4.69, 9.17) is 0 Å². The number of thioether (sulfide) groups is 1. The van der Waals surface area contributed by atoms with Gasteiger partial charge in [0.1, 0.15) is 12.7 Å². The second-order valence-corrected chi connectivity index (χ2v) is 7.67. The van der Waals surface area contributed by atoms with Gasteiger partial charge < -0.3 is 10.6 Å². The van der Waals surface area contributed by atoms with Gasteiger partial charge >= 0.3 is 0 Å². The first-order chi connectivity index (χ1) is 11.5. The highest BCUT2D eigenvalue weighted by Crippen LogP contribution is 2.19. The van der Waals surface area contributed by atoms with Crippen LogP contribution in [0, 0.1) is 0 Å². The van der Waals surface area contributed by atoms with Gasteiger partial charge in [0.2, 0.25) is 0 Å². The minimum absolute atomic E-state index is 0. The SMILES string of the molecule is CN=C(NCc1cccc(Cn2cncn2)c1)NCC(C)(C)SC.I. The number of hydrogen-bond donors (Lipinski definition) is 2. The van der Waals surface area contributed by atoms with Crippen LogP contribution in [-0.2, 0) is 13.1 Å². The van der Waals surface area contributed by atoms with E-state index in [2.05, 4.69) is 70.1 Å². The van der Waals surface area contributed by atoms with E-state index in [1.54, 1.807) is 19.7 Å². The fraction of sp³-hybridized carbons (Fsp3) is 0.471. The third kappa shape index (κ3) is 7.64. The summed E-state index contributed by atoms with van der Waals surface area (Å²) in [6, 6.07) is 8.44. The van der Waals surface area contributed by atoms with Gasteiger partial charge in [-0.1, -0.05) is 24.3 Å². The highest BCUT2D eigenvalue weighted by molar-refractivity contribution is 14.0. The fourth-order valence-corrected chi connectivity index (χ4v) is 2.33. The molecule has 0 bridgehead atoms. The van der Waals surface area contributed by atoms with Crippen molar-refractivity contribution in [3.05, 3.63) is 48.0 Å². The Morgan fingerprint density at radius 2 is 2.04 bits per heavy atom. The molecule has 0 aliphatic rings. The molecule has 0 radical (unpaired) electrons. The number of nitrogens with zero attached hydrogens (tertiary/aromatic N) is 4. The fourth-order valence-electron chi connectivity index (χ4n) is 2.11. The molecule has 1 aromatic carbocycles. The maximum Gasteiger partial charge on any atom is 0.191 e. The lowest BCUT2D eigenvalue weighted by molar-refractivity contribution is 0.664. The van der Waals surface area contributed by atoms with Gasteiger partial charge in [-0.2, -0.15) is 16.9 Å². The summed E-state index contributed by atoms with van der Waals surface area (Å²) in [5.74, 6) is 0.818. The van der Waals surface area contributed by atoms with Crippen molar-refractivity contribution in [1.29, 1.82) is 0 Å². The predicted octanol–water partition coefficient (Wildman–Crippen LogP) is 2.75. The van der Waals surface area contributed by atoms with Crippen molar-refractivity contribution >= 4 is 41.7 Å². The molecule has 2 rings (SSSR count). The van der Waals surface area contributed by atoms with Crippen molar-refractivity contribution in [3.8, 4) is 0 Å². The summed E-state index contributed by atoms with van der Waals surface area (Å²) in [4.78, 5) is 8.26. The average Bonchev–Trinajstić information content (AvgIpc) is 3.08. The Morgan fingerprint density at radius 3 is 2.68 bits per heavy atom. The third-order valence-corrected chi connectivity index (χ3v) is 4.97. The molecule has 0 fully saturated rings. The second kappa shape index (κ2) is 10.6. The minimum Gasteiger partial charge on any atom is -0.355 e. The first kappa shape index (κ1) is 21.8. The number of benzene rings is 1. The zero-order valence-corrected chi connectivity index (χ0v) is 18.3. The minimum atomic E-state index is 0. The Bertz CT molecular complexity index is 657. The van der Waals surface area contributed by atoms with Crippen molar-refractivity contribution in [3.63, 3.8) is 0 Å². The summed E-state index contributed by atoms with van der Waals surface area (Å²) in [6.07, 6.45) is 5.40. The molecule has 0 atom stereocenters. The number of aromatic nitrogens is 3. The standard InChI is InChI=1S/C17H26N6S.HI/c1-17(2,24-4)11-21-16(18-3)20-9-14-6-5-7-15(8-14)10-23-13-19-12-22-23;/h5-8,12-13H,9-11H2,1-4H3,(H2,18,20,21);1H. The lowest BCUT2D eigenvalue weighted by atomic mass is 10.1. The Labute approximate surface area is 171 Å². The van der Waals surface area contributed by atoms with E-state index in [0.717, 1.165) is 25.6 Å². The van der Waals surface area contributed by atoms with Gasteiger partial charge in [-0.3, -0.25) is 4.99 Å². The van der Waals surface area contributed by atoms with Crippen molar-refractivity contribution in [2.75, 3.05) is 19.8 Å². The van der Waals surface area contributed by atoms with Crippen LogP contribution in [0.5, 0.6) is 0 Å². The normalized spacial score (nSPS) is 11.8. The van der Waals surface area contributed by atoms with E-state index in [9.17, 15) is 0 Å². The maximum atomic E-state index is 4.29. The number of halogens is 1. The molecule has 0 saturated carbocycles. The zero-order chi connectivity index (χ0) is 17.4. The van der Waals surface area contributed by atoms with Crippen LogP contribution < -0.4 is 10.6 Å². The number of guanidine groups is 1. The quantitative estimate of drug-likeness (QED) is 0.367. The molecular formula is C17H27IN6S. The third-order valence-electron chi connectivity index (χ3n) is 3.72. The molecule has 0 unspecified atom stereocenters. The van der Waals surface area contributed by atoms with Crippen LogP contribution in [0.4, 0.5) is 0 Å². The Morgan fingerprint density at radius 1 is 1.28 bits per heavy atom. The molecule has 0 aliphatic carbocycles.